The summed E-state index contributed by atoms with van der Waals surface area (Å²) in [5.74, 6) is 0.919. The van der Waals surface area contributed by atoms with Crippen molar-refractivity contribution in [2.75, 3.05) is 23.8 Å². The lowest BCUT2D eigenvalue weighted by Gasteiger charge is -2.10. The Morgan fingerprint density at radius 1 is 0.900 bits per heavy atom. The number of carbonyl (C=O) groups excluding carboxylic acids is 1. The molecule has 0 radical (unpaired) electrons. The van der Waals surface area contributed by atoms with E-state index in [1.165, 1.54) is 31.4 Å². The summed E-state index contributed by atoms with van der Waals surface area (Å²) in [6.45, 7) is 2.42. The summed E-state index contributed by atoms with van der Waals surface area (Å²) in [4.78, 5) is 12.6. The topological polar surface area (TPSA) is 93.7 Å². The quantitative estimate of drug-likeness (QED) is 0.564. The van der Waals surface area contributed by atoms with Gasteiger partial charge in [-0.2, -0.15) is 0 Å². The molecule has 156 valence electrons. The molecule has 1 amide bonds. The molecule has 0 bridgehead atoms. The molecule has 0 aliphatic carbocycles. The third-order valence-corrected chi connectivity index (χ3v) is 5.57. The Hall–Kier alpha value is -3.52. The van der Waals surface area contributed by atoms with Crippen LogP contribution in [-0.4, -0.2) is 28.0 Å². The lowest BCUT2D eigenvalue weighted by atomic mass is 10.2. The second kappa shape index (κ2) is 9.32. The highest BCUT2D eigenvalue weighted by atomic mass is 32.2. The fourth-order valence-electron chi connectivity index (χ4n) is 2.69. The van der Waals surface area contributed by atoms with Gasteiger partial charge in [0.15, 0.2) is 0 Å². The number of amides is 1. The van der Waals surface area contributed by atoms with Crippen LogP contribution in [0, 0.1) is 0 Å². The van der Waals surface area contributed by atoms with E-state index in [0.717, 1.165) is 0 Å². The van der Waals surface area contributed by atoms with Gasteiger partial charge in [-0.05, 0) is 67.6 Å². The van der Waals surface area contributed by atoms with Crippen molar-refractivity contribution in [1.29, 1.82) is 0 Å². The molecular formula is C22H22N2O5S. The van der Waals surface area contributed by atoms with E-state index in [2.05, 4.69) is 10.0 Å². The van der Waals surface area contributed by atoms with E-state index in [9.17, 15) is 13.2 Å². The smallest absolute Gasteiger partial charge is 0.261 e. The van der Waals surface area contributed by atoms with Crippen LogP contribution < -0.4 is 19.5 Å². The monoisotopic (exact) mass is 426 g/mol. The summed E-state index contributed by atoms with van der Waals surface area (Å²) in [6.07, 6.45) is 0. The number of sulfonamides is 1. The van der Waals surface area contributed by atoms with E-state index in [4.69, 9.17) is 9.47 Å². The SMILES string of the molecule is CCOc1cccc(NC(=O)c2ccc(NS(=O)(=O)c3ccc(OC)cc3)cc2)c1. The lowest BCUT2D eigenvalue weighted by Crippen LogP contribution is -2.14. The van der Waals surface area contributed by atoms with Crippen molar-refractivity contribution < 1.29 is 22.7 Å². The van der Waals surface area contributed by atoms with Gasteiger partial charge in [-0.25, -0.2) is 8.42 Å². The van der Waals surface area contributed by atoms with Crippen LogP contribution in [0.25, 0.3) is 0 Å². The van der Waals surface area contributed by atoms with Gasteiger partial charge in [-0.1, -0.05) is 6.07 Å². The molecule has 8 heteroatoms. The van der Waals surface area contributed by atoms with E-state index in [0.29, 0.717) is 35.0 Å². The number of carbonyl (C=O) groups is 1. The minimum absolute atomic E-state index is 0.110. The molecule has 0 aliphatic rings. The van der Waals surface area contributed by atoms with Gasteiger partial charge in [0.05, 0.1) is 18.6 Å². The van der Waals surface area contributed by atoms with E-state index in [1.54, 1.807) is 42.5 Å². The average Bonchev–Trinajstić information content (AvgIpc) is 2.74. The van der Waals surface area contributed by atoms with Crippen molar-refractivity contribution in [3.63, 3.8) is 0 Å². The maximum absolute atomic E-state index is 12.5. The first kappa shape index (κ1) is 21.2. The third-order valence-electron chi connectivity index (χ3n) is 4.17. The highest BCUT2D eigenvalue weighted by Crippen LogP contribution is 2.21. The lowest BCUT2D eigenvalue weighted by molar-refractivity contribution is 0.102. The Morgan fingerprint density at radius 3 is 2.23 bits per heavy atom. The summed E-state index contributed by atoms with van der Waals surface area (Å²) in [5, 5.41) is 2.79. The fraction of sp³-hybridized carbons (Fsp3) is 0.136. The zero-order chi connectivity index (χ0) is 21.6. The van der Waals surface area contributed by atoms with E-state index < -0.39 is 10.0 Å². The highest BCUT2D eigenvalue weighted by molar-refractivity contribution is 7.92. The molecule has 0 atom stereocenters. The van der Waals surface area contributed by atoms with Gasteiger partial charge >= 0.3 is 0 Å². The van der Waals surface area contributed by atoms with Crippen molar-refractivity contribution in [2.24, 2.45) is 0 Å². The van der Waals surface area contributed by atoms with Crippen molar-refractivity contribution in [3.8, 4) is 11.5 Å². The standard InChI is InChI=1S/C22H22N2O5S/c1-3-29-20-6-4-5-18(15-20)23-22(25)16-7-9-17(10-8-16)24-30(26,27)21-13-11-19(28-2)12-14-21/h4-15,24H,3H2,1-2H3,(H,23,25). The molecule has 0 fully saturated rings. The number of benzene rings is 3. The molecule has 0 unspecified atom stereocenters. The third kappa shape index (κ3) is 5.30. The Bertz CT molecular complexity index is 1110. The van der Waals surface area contributed by atoms with Crippen LogP contribution in [0.2, 0.25) is 0 Å². The second-order valence-electron chi connectivity index (χ2n) is 6.27. The van der Waals surface area contributed by atoms with Crippen LogP contribution in [0.5, 0.6) is 11.5 Å². The Balaban J connectivity index is 1.68. The summed E-state index contributed by atoms with van der Waals surface area (Å²) < 4.78 is 38.0. The van der Waals surface area contributed by atoms with Crippen molar-refractivity contribution in [2.45, 2.75) is 11.8 Å². The number of hydrogen-bond donors (Lipinski definition) is 2. The number of rotatable bonds is 8. The molecule has 0 saturated heterocycles. The van der Waals surface area contributed by atoms with Crippen molar-refractivity contribution in [1.82, 2.24) is 0 Å². The van der Waals surface area contributed by atoms with Gasteiger partial charge in [0.2, 0.25) is 0 Å². The first-order valence-corrected chi connectivity index (χ1v) is 10.7. The first-order chi connectivity index (χ1) is 14.4. The largest absolute Gasteiger partial charge is 0.497 e. The van der Waals surface area contributed by atoms with Crippen molar-refractivity contribution >= 4 is 27.3 Å². The zero-order valence-corrected chi connectivity index (χ0v) is 17.4. The van der Waals surface area contributed by atoms with Gasteiger partial charge in [-0.15, -0.1) is 0 Å². The average molecular weight is 426 g/mol. The predicted octanol–water partition coefficient (Wildman–Crippen LogP) is 4.15. The van der Waals surface area contributed by atoms with Crippen molar-refractivity contribution in [3.05, 3.63) is 78.4 Å². The van der Waals surface area contributed by atoms with Gasteiger partial charge in [0.25, 0.3) is 15.9 Å². The highest BCUT2D eigenvalue weighted by Gasteiger charge is 2.15. The zero-order valence-electron chi connectivity index (χ0n) is 16.6. The summed E-state index contributed by atoms with van der Waals surface area (Å²) in [7, 11) is -2.24. The van der Waals surface area contributed by atoms with Gasteiger partial charge < -0.3 is 14.8 Å². The summed E-state index contributed by atoms with van der Waals surface area (Å²) in [5.41, 5.74) is 1.35. The van der Waals surface area contributed by atoms with Crippen LogP contribution >= 0.6 is 0 Å². The van der Waals surface area contributed by atoms with Gasteiger partial charge in [-0.3, -0.25) is 9.52 Å². The molecular weight excluding hydrogens is 404 g/mol. The normalized spacial score (nSPS) is 10.9. The number of hydrogen-bond acceptors (Lipinski definition) is 5. The number of methoxy groups -OCH3 is 1. The van der Waals surface area contributed by atoms with E-state index in [-0.39, 0.29) is 10.8 Å². The summed E-state index contributed by atoms with van der Waals surface area (Å²) in [6, 6.07) is 19.3. The van der Waals surface area contributed by atoms with Crippen LogP contribution in [-0.2, 0) is 10.0 Å². The number of ether oxygens (including phenoxy) is 2. The fourth-order valence-corrected chi connectivity index (χ4v) is 3.75. The Morgan fingerprint density at radius 2 is 1.60 bits per heavy atom. The van der Waals surface area contributed by atoms with E-state index in [1.807, 2.05) is 13.0 Å². The van der Waals surface area contributed by atoms with Crippen LogP contribution in [0.1, 0.15) is 17.3 Å². The molecule has 0 aliphatic heterocycles. The van der Waals surface area contributed by atoms with Crippen LogP contribution in [0.4, 0.5) is 11.4 Å². The van der Waals surface area contributed by atoms with Crippen LogP contribution in [0.3, 0.4) is 0 Å². The predicted molar refractivity (Wildman–Crippen MR) is 116 cm³/mol. The first-order valence-electron chi connectivity index (χ1n) is 9.22. The molecule has 0 heterocycles. The molecule has 0 saturated carbocycles. The molecule has 30 heavy (non-hydrogen) atoms. The summed E-state index contributed by atoms with van der Waals surface area (Å²) >= 11 is 0. The molecule has 3 rings (SSSR count). The van der Waals surface area contributed by atoms with Gasteiger partial charge in [0, 0.05) is 23.0 Å². The Kier molecular flexibility index (Phi) is 6.58. The van der Waals surface area contributed by atoms with Gasteiger partial charge in [0.1, 0.15) is 11.5 Å². The van der Waals surface area contributed by atoms with Crippen LogP contribution in [0.15, 0.2) is 77.7 Å². The Labute approximate surface area is 175 Å². The number of nitrogens with one attached hydrogen (secondary N) is 2. The minimum atomic E-state index is -3.75. The minimum Gasteiger partial charge on any atom is -0.497 e. The molecule has 7 nitrogen and oxygen atoms in total. The molecule has 2 N–H and O–H groups in total. The van der Waals surface area contributed by atoms with E-state index >= 15 is 0 Å². The second-order valence-corrected chi connectivity index (χ2v) is 7.96. The molecule has 3 aromatic carbocycles. The molecule has 0 spiro atoms. The molecule has 3 aromatic rings. The molecule has 0 aromatic heterocycles. The number of anilines is 2. The maximum atomic E-state index is 12.5. The maximum Gasteiger partial charge on any atom is 0.261 e.